The lowest BCUT2D eigenvalue weighted by atomic mass is 10.1. The van der Waals surface area contributed by atoms with Gasteiger partial charge in [0.15, 0.2) is 0 Å². The molecule has 0 aliphatic carbocycles. The van der Waals surface area contributed by atoms with Gasteiger partial charge in [-0.05, 0) is 24.1 Å². The van der Waals surface area contributed by atoms with Crippen molar-refractivity contribution in [3.05, 3.63) is 34.3 Å². The third-order valence-corrected chi connectivity index (χ3v) is 2.48. The Balaban J connectivity index is 2.23. The predicted molar refractivity (Wildman–Crippen MR) is 66.9 cm³/mol. The number of carbonyl (C=O) groups is 2. The molecule has 0 saturated heterocycles. The Morgan fingerprint density at radius 2 is 2.06 bits per heavy atom. The van der Waals surface area contributed by atoms with Crippen LogP contribution < -0.4 is 10.6 Å². The molecule has 0 fully saturated rings. The second-order valence-corrected chi connectivity index (χ2v) is 4.30. The summed E-state index contributed by atoms with van der Waals surface area (Å²) in [5.41, 5.74) is 1.10. The van der Waals surface area contributed by atoms with Gasteiger partial charge >= 0.3 is 12.0 Å². The van der Waals surface area contributed by atoms with Crippen LogP contribution in [0, 0.1) is 0 Å². The number of hydrogen-bond acceptors (Lipinski definition) is 2. The summed E-state index contributed by atoms with van der Waals surface area (Å²) in [7, 11) is 0. The molecule has 0 aliphatic rings. The van der Waals surface area contributed by atoms with Crippen molar-refractivity contribution >= 4 is 27.9 Å². The van der Waals surface area contributed by atoms with Crippen LogP contribution in [0.5, 0.6) is 0 Å². The highest BCUT2D eigenvalue weighted by Gasteiger charge is 2.02. The number of rotatable bonds is 5. The second-order valence-electron chi connectivity index (χ2n) is 3.38. The summed E-state index contributed by atoms with van der Waals surface area (Å²) < 4.78 is 0.991. The summed E-state index contributed by atoms with van der Waals surface area (Å²) in [6.45, 7) is 0.0879. The SMILES string of the molecule is O=C(O)CNC(=O)NCCc1cccc(Br)c1. The van der Waals surface area contributed by atoms with E-state index in [1.54, 1.807) is 0 Å². The van der Waals surface area contributed by atoms with Crippen LogP contribution in [0.1, 0.15) is 5.56 Å². The summed E-state index contributed by atoms with van der Waals surface area (Å²) in [6.07, 6.45) is 0.694. The molecular formula is C11H13BrN2O3. The molecule has 92 valence electrons. The normalized spacial score (nSPS) is 9.71. The Hall–Kier alpha value is -1.56. The summed E-state index contributed by atoms with van der Waals surface area (Å²) in [4.78, 5) is 21.3. The quantitative estimate of drug-likeness (QED) is 0.768. The average molecular weight is 301 g/mol. The number of urea groups is 1. The summed E-state index contributed by atoms with van der Waals surface area (Å²) in [5, 5.41) is 13.1. The molecule has 2 amide bonds. The molecule has 0 spiro atoms. The third-order valence-electron chi connectivity index (χ3n) is 1.99. The van der Waals surface area contributed by atoms with Crippen LogP contribution in [0.3, 0.4) is 0 Å². The molecule has 0 bridgehead atoms. The average Bonchev–Trinajstić information content (AvgIpc) is 2.26. The molecule has 6 heteroatoms. The molecule has 1 rings (SSSR count). The van der Waals surface area contributed by atoms with Gasteiger partial charge in [-0.15, -0.1) is 0 Å². The third kappa shape index (κ3) is 5.91. The van der Waals surface area contributed by atoms with Crippen LogP contribution in [0.15, 0.2) is 28.7 Å². The fourth-order valence-electron chi connectivity index (χ4n) is 1.23. The van der Waals surface area contributed by atoms with Gasteiger partial charge < -0.3 is 15.7 Å². The molecule has 17 heavy (non-hydrogen) atoms. The number of aliphatic carboxylic acids is 1. The number of carboxylic acid groups (broad SMARTS) is 1. The van der Waals surface area contributed by atoms with Gasteiger partial charge in [0.1, 0.15) is 6.54 Å². The van der Waals surface area contributed by atoms with E-state index in [9.17, 15) is 9.59 Å². The monoisotopic (exact) mass is 300 g/mol. The van der Waals surface area contributed by atoms with Gasteiger partial charge in [-0.25, -0.2) is 4.79 Å². The lowest BCUT2D eigenvalue weighted by molar-refractivity contribution is -0.135. The van der Waals surface area contributed by atoms with E-state index in [0.717, 1.165) is 10.0 Å². The van der Waals surface area contributed by atoms with E-state index < -0.39 is 12.0 Å². The Morgan fingerprint density at radius 3 is 2.71 bits per heavy atom. The van der Waals surface area contributed by atoms with Crippen LogP contribution in [0.4, 0.5) is 4.79 Å². The molecule has 3 N–H and O–H groups in total. The molecule has 0 unspecified atom stereocenters. The van der Waals surface area contributed by atoms with E-state index in [2.05, 4.69) is 26.6 Å². The topological polar surface area (TPSA) is 78.4 Å². The van der Waals surface area contributed by atoms with Crippen LogP contribution in [0.2, 0.25) is 0 Å². The summed E-state index contributed by atoms with van der Waals surface area (Å²) in [6, 6.07) is 7.31. The maximum Gasteiger partial charge on any atom is 0.323 e. The minimum atomic E-state index is -1.06. The first-order valence-corrected chi connectivity index (χ1v) is 5.85. The number of halogens is 1. The molecule has 0 atom stereocenters. The van der Waals surface area contributed by atoms with Crippen LogP contribution in [-0.2, 0) is 11.2 Å². The molecule has 5 nitrogen and oxygen atoms in total. The molecule has 0 saturated carbocycles. The number of nitrogens with one attached hydrogen (secondary N) is 2. The fraction of sp³-hybridized carbons (Fsp3) is 0.273. The van der Waals surface area contributed by atoms with Crippen molar-refractivity contribution < 1.29 is 14.7 Å². The van der Waals surface area contributed by atoms with Gasteiger partial charge in [0, 0.05) is 11.0 Å². The van der Waals surface area contributed by atoms with E-state index in [4.69, 9.17) is 5.11 Å². The molecule has 0 heterocycles. The Bertz CT molecular complexity index is 409. The Morgan fingerprint density at radius 1 is 1.29 bits per heavy atom. The second kappa shape index (κ2) is 6.90. The first kappa shape index (κ1) is 13.5. The first-order chi connectivity index (χ1) is 8.08. The largest absolute Gasteiger partial charge is 0.480 e. The number of amides is 2. The van der Waals surface area contributed by atoms with Gasteiger partial charge in [0.2, 0.25) is 0 Å². The van der Waals surface area contributed by atoms with Crippen LogP contribution in [0.25, 0.3) is 0 Å². The minimum Gasteiger partial charge on any atom is -0.480 e. The fourth-order valence-corrected chi connectivity index (χ4v) is 1.68. The number of benzene rings is 1. The standard InChI is InChI=1S/C11H13BrN2O3/c12-9-3-1-2-8(6-9)4-5-13-11(17)14-7-10(15)16/h1-3,6H,4-5,7H2,(H,15,16)(H2,13,14,17). The lowest BCUT2D eigenvalue weighted by Crippen LogP contribution is -2.39. The summed E-state index contributed by atoms with van der Waals surface area (Å²) >= 11 is 3.36. The predicted octanol–water partition coefficient (Wildman–Crippen LogP) is 1.38. The molecule has 1 aromatic rings. The smallest absolute Gasteiger partial charge is 0.323 e. The highest BCUT2D eigenvalue weighted by atomic mass is 79.9. The van der Waals surface area contributed by atoms with E-state index in [1.807, 2.05) is 24.3 Å². The minimum absolute atomic E-state index is 0.372. The van der Waals surface area contributed by atoms with Crippen molar-refractivity contribution in [3.63, 3.8) is 0 Å². The lowest BCUT2D eigenvalue weighted by Gasteiger charge is -2.06. The maximum atomic E-state index is 11.1. The van der Waals surface area contributed by atoms with E-state index in [0.29, 0.717) is 13.0 Å². The molecule has 0 aliphatic heterocycles. The van der Waals surface area contributed by atoms with Gasteiger partial charge in [0.25, 0.3) is 0 Å². The zero-order chi connectivity index (χ0) is 12.7. The Kier molecular flexibility index (Phi) is 5.48. The molecule has 1 aromatic carbocycles. The van der Waals surface area contributed by atoms with E-state index >= 15 is 0 Å². The van der Waals surface area contributed by atoms with Crippen LogP contribution >= 0.6 is 15.9 Å². The molecule has 0 aromatic heterocycles. The highest BCUT2D eigenvalue weighted by molar-refractivity contribution is 9.10. The van der Waals surface area contributed by atoms with E-state index in [1.165, 1.54) is 0 Å². The van der Waals surface area contributed by atoms with Crippen molar-refractivity contribution in [1.82, 2.24) is 10.6 Å². The van der Waals surface area contributed by atoms with Gasteiger partial charge in [-0.1, -0.05) is 28.1 Å². The van der Waals surface area contributed by atoms with Crippen LogP contribution in [-0.4, -0.2) is 30.2 Å². The van der Waals surface area contributed by atoms with Gasteiger partial charge in [0.05, 0.1) is 0 Å². The first-order valence-electron chi connectivity index (χ1n) is 5.06. The van der Waals surface area contributed by atoms with Crippen molar-refractivity contribution in [2.24, 2.45) is 0 Å². The zero-order valence-electron chi connectivity index (χ0n) is 9.07. The Labute approximate surface area is 107 Å². The van der Waals surface area contributed by atoms with Gasteiger partial charge in [-0.3, -0.25) is 4.79 Å². The van der Waals surface area contributed by atoms with Crippen molar-refractivity contribution in [2.45, 2.75) is 6.42 Å². The number of hydrogen-bond donors (Lipinski definition) is 3. The van der Waals surface area contributed by atoms with Crippen molar-refractivity contribution in [2.75, 3.05) is 13.1 Å². The van der Waals surface area contributed by atoms with E-state index in [-0.39, 0.29) is 6.54 Å². The number of carbonyl (C=O) groups excluding carboxylic acids is 1. The number of carboxylic acids is 1. The summed E-state index contributed by atoms with van der Waals surface area (Å²) in [5.74, 6) is -1.06. The molecule has 0 radical (unpaired) electrons. The highest BCUT2D eigenvalue weighted by Crippen LogP contribution is 2.11. The van der Waals surface area contributed by atoms with Crippen molar-refractivity contribution in [1.29, 1.82) is 0 Å². The zero-order valence-corrected chi connectivity index (χ0v) is 10.7. The molecular weight excluding hydrogens is 288 g/mol. The maximum absolute atomic E-state index is 11.1. The van der Waals surface area contributed by atoms with Crippen molar-refractivity contribution in [3.8, 4) is 0 Å². The van der Waals surface area contributed by atoms with Gasteiger partial charge in [-0.2, -0.15) is 0 Å².